The molecule has 0 aliphatic rings. The Morgan fingerprint density at radius 1 is 0.791 bits per heavy atom. The minimum atomic E-state index is -0.513. The van der Waals surface area contributed by atoms with Gasteiger partial charge in [0.25, 0.3) is 0 Å². The predicted octanol–water partition coefficient (Wildman–Crippen LogP) is 6.96. The monoisotopic (exact) mass is 572 g/mol. The Hall–Kier alpha value is -5.43. The summed E-state index contributed by atoms with van der Waals surface area (Å²) in [5, 5.41) is 5.71. The Labute approximate surface area is 251 Å². The fourth-order valence-electron chi connectivity index (χ4n) is 4.64. The number of anilines is 1. The molecular formula is C36H34N3O4+. The number of pyridine rings is 1. The molecule has 216 valence electrons. The molecule has 1 unspecified atom stereocenters. The molecule has 0 spiro atoms. The van der Waals surface area contributed by atoms with Crippen LogP contribution in [-0.4, -0.2) is 18.6 Å². The average Bonchev–Trinajstić information content (AvgIpc) is 3.06. The Bertz CT molecular complexity index is 1640. The topological polar surface area (TPSA) is 80.5 Å². The van der Waals surface area contributed by atoms with Crippen molar-refractivity contribution in [2.75, 3.05) is 11.9 Å². The van der Waals surface area contributed by atoms with E-state index in [-0.39, 0.29) is 6.03 Å². The van der Waals surface area contributed by atoms with Crippen molar-refractivity contribution in [1.82, 2.24) is 5.32 Å². The molecule has 0 radical (unpaired) electrons. The number of amides is 2. The highest BCUT2D eigenvalue weighted by molar-refractivity contribution is 5.89. The van der Waals surface area contributed by atoms with E-state index in [1.165, 1.54) is 16.7 Å². The largest absolute Gasteiger partial charge is 0.493 e. The van der Waals surface area contributed by atoms with Crippen molar-refractivity contribution in [3.63, 3.8) is 0 Å². The second kappa shape index (κ2) is 14.5. The first kappa shape index (κ1) is 29.1. The van der Waals surface area contributed by atoms with Crippen LogP contribution >= 0.6 is 0 Å². The molecule has 0 saturated carbocycles. The number of aromatic nitrogens is 1. The van der Waals surface area contributed by atoms with Crippen LogP contribution in [0.5, 0.6) is 5.75 Å². The average molecular weight is 573 g/mol. The van der Waals surface area contributed by atoms with Crippen LogP contribution in [0.1, 0.15) is 34.6 Å². The summed E-state index contributed by atoms with van der Waals surface area (Å²) in [6, 6.07) is 38.3. The van der Waals surface area contributed by atoms with E-state index in [0.29, 0.717) is 24.4 Å². The van der Waals surface area contributed by atoms with Crippen molar-refractivity contribution in [3.05, 3.63) is 150 Å². The van der Waals surface area contributed by atoms with Crippen LogP contribution < -0.4 is 19.9 Å². The van der Waals surface area contributed by atoms with E-state index in [2.05, 4.69) is 41.0 Å². The highest BCUT2D eigenvalue weighted by Gasteiger charge is 2.19. The Kier molecular flexibility index (Phi) is 9.78. The summed E-state index contributed by atoms with van der Waals surface area (Å²) in [4.78, 5) is 24.9. The zero-order valence-corrected chi connectivity index (χ0v) is 24.0. The molecule has 1 atom stereocenters. The molecule has 4 aromatic carbocycles. The summed E-state index contributed by atoms with van der Waals surface area (Å²) in [6.07, 6.45) is 3.92. The minimum absolute atomic E-state index is 0.303. The predicted molar refractivity (Wildman–Crippen MR) is 167 cm³/mol. The van der Waals surface area contributed by atoms with Gasteiger partial charge in [-0.15, -0.1) is 0 Å². The van der Waals surface area contributed by atoms with Crippen molar-refractivity contribution in [1.29, 1.82) is 0 Å². The lowest BCUT2D eigenvalue weighted by Gasteiger charge is -2.12. The minimum Gasteiger partial charge on any atom is -0.493 e. The maximum atomic E-state index is 12.5. The van der Waals surface area contributed by atoms with E-state index in [9.17, 15) is 9.59 Å². The van der Waals surface area contributed by atoms with Gasteiger partial charge in [-0.05, 0) is 59.2 Å². The molecule has 0 aliphatic heterocycles. The van der Waals surface area contributed by atoms with Crippen LogP contribution in [0, 0.1) is 0 Å². The first-order valence-electron chi connectivity index (χ1n) is 14.2. The number of esters is 1. The van der Waals surface area contributed by atoms with Crippen LogP contribution in [0.4, 0.5) is 10.5 Å². The van der Waals surface area contributed by atoms with Crippen molar-refractivity contribution in [2.24, 2.45) is 0 Å². The summed E-state index contributed by atoms with van der Waals surface area (Å²) in [5.74, 6) is 0.340. The van der Waals surface area contributed by atoms with Crippen molar-refractivity contribution >= 4 is 17.7 Å². The summed E-state index contributed by atoms with van der Waals surface area (Å²) in [6.45, 7) is 2.64. The van der Waals surface area contributed by atoms with Crippen molar-refractivity contribution < 1.29 is 23.6 Å². The molecule has 5 aromatic rings. The molecule has 1 aromatic heterocycles. The molecule has 2 N–H and O–H groups in total. The number of carbonyl (C=O) groups excluding carboxylic acids is 2. The first-order valence-corrected chi connectivity index (χ1v) is 14.2. The van der Waals surface area contributed by atoms with Gasteiger partial charge in [0, 0.05) is 30.7 Å². The number of ether oxygens (including phenoxy) is 2. The lowest BCUT2D eigenvalue weighted by molar-refractivity contribution is -0.753. The summed E-state index contributed by atoms with van der Waals surface area (Å²) >= 11 is 0. The number of nitrogens with zero attached hydrogens (tertiary/aromatic N) is 1. The summed E-state index contributed by atoms with van der Waals surface area (Å²) in [7, 11) is 0. The Balaban J connectivity index is 1.07. The fraction of sp³-hybridized carbons (Fsp3) is 0.139. The molecule has 43 heavy (non-hydrogen) atoms. The van der Waals surface area contributed by atoms with E-state index in [1.54, 1.807) is 35.8 Å². The molecule has 2 amide bonds. The number of urea groups is 1. The van der Waals surface area contributed by atoms with Gasteiger partial charge < -0.3 is 20.1 Å². The third kappa shape index (κ3) is 8.30. The Morgan fingerprint density at radius 3 is 2.26 bits per heavy atom. The summed E-state index contributed by atoms with van der Waals surface area (Å²) < 4.78 is 13.3. The van der Waals surface area contributed by atoms with Crippen molar-refractivity contribution in [2.45, 2.75) is 26.1 Å². The van der Waals surface area contributed by atoms with Gasteiger partial charge in [0.05, 0.1) is 18.7 Å². The number of hydrogen-bond donors (Lipinski definition) is 2. The number of carbonyl (C=O) groups is 2. The zero-order valence-electron chi connectivity index (χ0n) is 24.0. The molecule has 0 aliphatic carbocycles. The third-order valence-electron chi connectivity index (χ3n) is 6.90. The number of rotatable bonds is 11. The standard InChI is InChI=1S/C36H33N3O4/c1-27(43-35(40)31-15-6-3-7-16-31)39-23-10-11-28(26-39)25-37-36(41)38-32-18-20-33(21-19-32)42-24-22-30-14-8-9-17-34(30)29-12-4-2-5-13-29/h2-21,23,26-27H,22,24-25H2,1H3,(H-,37,38,41)/p+1. The molecular weight excluding hydrogens is 538 g/mol. The van der Waals surface area contributed by atoms with Gasteiger partial charge in [-0.3, -0.25) is 0 Å². The molecule has 0 saturated heterocycles. The third-order valence-corrected chi connectivity index (χ3v) is 6.90. The lowest BCUT2D eigenvalue weighted by atomic mass is 9.98. The number of nitrogens with one attached hydrogen (secondary N) is 2. The quantitative estimate of drug-likeness (QED) is 0.132. The second-order valence-electron chi connectivity index (χ2n) is 9.98. The van der Waals surface area contributed by atoms with Crippen LogP contribution in [-0.2, 0) is 17.7 Å². The van der Waals surface area contributed by atoms with Gasteiger partial charge in [-0.25, -0.2) is 9.59 Å². The van der Waals surface area contributed by atoms with Gasteiger partial charge in [0.2, 0.25) is 0 Å². The van der Waals surface area contributed by atoms with Gasteiger partial charge >= 0.3 is 18.2 Å². The van der Waals surface area contributed by atoms with Gasteiger partial charge in [0.15, 0.2) is 12.4 Å². The van der Waals surface area contributed by atoms with E-state index in [4.69, 9.17) is 9.47 Å². The molecule has 0 bridgehead atoms. The lowest BCUT2D eigenvalue weighted by Crippen LogP contribution is -2.40. The highest BCUT2D eigenvalue weighted by Crippen LogP contribution is 2.24. The molecule has 7 nitrogen and oxygen atoms in total. The summed E-state index contributed by atoms with van der Waals surface area (Å²) in [5.41, 5.74) is 5.64. The fourth-order valence-corrected chi connectivity index (χ4v) is 4.64. The second-order valence-corrected chi connectivity index (χ2v) is 9.98. The van der Waals surface area contributed by atoms with Gasteiger partial charge in [-0.1, -0.05) is 72.8 Å². The Morgan fingerprint density at radius 2 is 1.49 bits per heavy atom. The van der Waals surface area contributed by atoms with Gasteiger partial charge in [-0.2, -0.15) is 4.57 Å². The maximum absolute atomic E-state index is 12.5. The van der Waals surface area contributed by atoms with E-state index < -0.39 is 12.2 Å². The smallest absolute Gasteiger partial charge is 0.343 e. The number of hydrogen-bond acceptors (Lipinski definition) is 4. The zero-order chi connectivity index (χ0) is 29.9. The normalized spacial score (nSPS) is 11.3. The molecule has 5 rings (SSSR count). The van der Waals surface area contributed by atoms with E-state index in [0.717, 1.165) is 17.7 Å². The molecule has 0 fully saturated rings. The van der Waals surface area contributed by atoms with E-state index >= 15 is 0 Å². The van der Waals surface area contributed by atoms with Crippen LogP contribution in [0.15, 0.2) is 134 Å². The molecule has 7 heteroatoms. The van der Waals surface area contributed by atoms with Crippen LogP contribution in [0.3, 0.4) is 0 Å². The van der Waals surface area contributed by atoms with Crippen molar-refractivity contribution in [3.8, 4) is 16.9 Å². The molecule has 1 heterocycles. The first-order chi connectivity index (χ1) is 21.0. The van der Waals surface area contributed by atoms with Crippen LogP contribution in [0.2, 0.25) is 0 Å². The SMILES string of the molecule is CC(OC(=O)c1ccccc1)[n+]1cccc(CNC(=O)Nc2ccc(OCCc3ccccc3-c3ccccc3)cc2)c1. The maximum Gasteiger partial charge on any atom is 0.343 e. The van der Waals surface area contributed by atoms with Crippen LogP contribution in [0.25, 0.3) is 11.1 Å². The number of benzene rings is 4. The highest BCUT2D eigenvalue weighted by atomic mass is 16.6. The van der Waals surface area contributed by atoms with Gasteiger partial charge in [0.1, 0.15) is 5.75 Å². The van der Waals surface area contributed by atoms with E-state index in [1.807, 2.05) is 79.1 Å².